The molecule has 37 heavy (non-hydrogen) atoms. The quantitative estimate of drug-likeness (QED) is 0.343. The molecule has 0 N–H and O–H groups in total. The standard InChI is InChI=1S/C26H29ClN6O4/c1-26(2)36-20-15(11-18(21(20)37-26)33-14-30-19-22(27)28-13-29-23(19)33)12-31(3)9-6-10-32-24(34)16-7-4-5-8-17(16)25(32)35/h4-5,7-8,13-15,18,20-21H,6,9-12H2,1-3H3/t15-,18-,20-,21+/m1/s1. The van der Waals surface area contributed by atoms with E-state index in [0.717, 1.165) is 19.5 Å². The Bertz CT molecular complexity index is 1340. The average Bonchev–Trinajstić information content (AvgIpc) is 3.58. The van der Waals surface area contributed by atoms with Gasteiger partial charge in [0.1, 0.15) is 17.9 Å². The molecule has 4 heterocycles. The fourth-order valence-corrected chi connectivity index (χ4v) is 6.18. The molecule has 0 unspecified atom stereocenters. The van der Waals surface area contributed by atoms with E-state index in [1.54, 1.807) is 30.6 Å². The summed E-state index contributed by atoms with van der Waals surface area (Å²) < 4.78 is 14.8. The SMILES string of the molecule is CN(CCCN1C(=O)c2ccccc2C1=O)C[C@H]1C[C@@H](n2cnc3c(Cl)ncnc32)[C@@H]2OC(C)(C)O[C@H]12. The molecule has 3 aliphatic rings. The Balaban J connectivity index is 1.12. The fraction of sp³-hybridized carbons (Fsp3) is 0.500. The minimum Gasteiger partial charge on any atom is -0.344 e. The Morgan fingerprint density at radius 3 is 2.51 bits per heavy atom. The number of rotatable bonds is 7. The van der Waals surface area contributed by atoms with Crippen LogP contribution in [0.4, 0.5) is 0 Å². The highest BCUT2D eigenvalue weighted by molar-refractivity contribution is 6.33. The topological polar surface area (TPSA) is 103 Å². The number of imidazole rings is 1. The number of nitrogens with zero attached hydrogens (tertiary/aromatic N) is 6. The van der Waals surface area contributed by atoms with E-state index in [9.17, 15) is 9.59 Å². The Kier molecular flexibility index (Phi) is 6.02. The van der Waals surface area contributed by atoms with E-state index in [-0.39, 0.29) is 36.0 Å². The Morgan fingerprint density at radius 1 is 1.08 bits per heavy atom. The van der Waals surface area contributed by atoms with Crippen LogP contribution in [0.1, 0.15) is 53.4 Å². The summed E-state index contributed by atoms with van der Waals surface area (Å²) in [6.45, 7) is 5.81. The molecule has 1 aliphatic carbocycles. The van der Waals surface area contributed by atoms with Crippen molar-refractivity contribution in [2.45, 2.75) is 50.7 Å². The second kappa shape index (κ2) is 9.13. The van der Waals surface area contributed by atoms with Gasteiger partial charge in [0.25, 0.3) is 11.8 Å². The molecule has 0 radical (unpaired) electrons. The summed E-state index contributed by atoms with van der Waals surface area (Å²) in [6, 6.07) is 6.99. The number of fused-ring (bicyclic) bond motifs is 3. The van der Waals surface area contributed by atoms with Gasteiger partial charge in [-0.05, 0) is 52.4 Å². The zero-order chi connectivity index (χ0) is 25.9. The normalized spacial score (nSPS) is 26.5. The number of amides is 2. The number of imide groups is 1. The van der Waals surface area contributed by atoms with Crippen LogP contribution >= 0.6 is 11.6 Å². The van der Waals surface area contributed by atoms with Crippen molar-refractivity contribution in [3.05, 3.63) is 53.2 Å². The van der Waals surface area contributed by atoms with Crippen LogP contribution in [0, 0.1) is 5.92 Å². The monoisotopic (exact) mass is 524 g/mol. The molecule has 2 aromatic heterocycles. The maximum absolute atomic E-state index is 12.6. The van der Waals surface area contributed by atoms with E-state index in [1.165, 1.54) is 11.2 Å². The van der Waals surface area contributed by atoms with Gasteiger partial charge in [-0.2, -0.15) is 0 Å². The molecule has 6 rings (SSSR count). The summed E-state index contributed by atoms with van der Waals surface area (Å²) in [5, 5.41) is 0.330. The molecule has 2 amide bonds. The van der Waals surface area contributed by atoms with Crippen LogP contribution in [0.25, 0.3) is 11.2 Å². The van der Waals surface area contributed by atoms with E-state index in [2.05, 4.69) is 26.9 Å². The Labute approximate surface area is 219 Å². The maximum Gasteiger partial charge on any atom is 0.261 e. The molecule has 0 spiro atoms. The molecule has 1 aromatic carbocycles. The molecule has 194 valence electrons. The summed E-state index contributed by atoms with van der Waals surface area (Å²) in [6.07, 6.45) is 4.52. The number of halogens is 1. The van der Waals surface area contributed by atoms with Gasteiger partial charge < -0.3 is 18.9 Å². The largest absolute Gasteiger partial charge is 0.344 e. The van der Waals surface area contributed by atoms with E-state index >= 15 is 0 Å². The van der Waals surface area contributed by atoms with Gasteiger partial charge in [-0.1, -0.05) is 23.7 Å². The van der Waals surface area contributed by atoms with Crippen LogP contribution in [0.2, 0.25) is 5.15 Å². The zero-order valence-corrected chi connectivity index (χ0v) is 21.8. The first kappa shape index (κ1) is 24.4. The second-order valence-electron chi connectivity index (χ2n) is 10.5. The van der Waals surface area contributed by atoms with Crippen molar-refractivity contribution in [1.82, 2.24) is 29.3 Å². The van der Waals surface area contributed by atoms with E-state index in [4.69, 9.17) is 21.1 Å². The third-order valence-electron chi connectivity index (χ3n) is 7.57. The van der Waals surface area contributed by atoms with Crippen LogP contribution in [0.15, 0.2) is 36.9 Å². The smallest absolute Gasteiger partial charge is 0.261 e. The highest BCUT2D eigenvalue weighted by Gasteiger charge is 2.54. The summed E-state index contributed by atoms with van der Waals surface area (Å²) in [5.74, 6) is -0.880. The summed E-state index contributed by atoms with van der Waals surface area (Å²) in [4.78, 5) is 41.8. The van der Waals surface area contributed by atoms with Gasteiger partial charge in [-0.25, -0.2) is 15.0 Å². The first-order chi connectivity index (χ1) is 17.7. The number of aromatic nitrogens is 4. The van der Waals surface area contributed by atoms with Gasteiger partial charge in [0.15, 0.2) is 16.6 Å². The zero-order valence-electron chi connectivity index (χ0n) is 21.0. The molecular weight excluding hydrogens is 496 g/mol. The molecule has 2 fully saturated rings. The predicted molar refractivity (Wildman–Crippen MR) is 135 cm³/mol. The third kappa shape index (κ3) is 4.21. The molecule has 4 atom stereocenters. The van der Waals surface area contributed by atoms with Crippen molar-refractivity contribution < 1.29 is 19.1 Å². The van der Waals surface area contributed by atoms with Crippen molar-refractivity contribution in [1.29, 1.82) is 0 Å². The molecule has 3 aromatic rings. The van der Waals surface area contributed by atoms with Gasteiger partial charge in [0, 0.05) is 19.0 Å². The van der Waals surface area contributed by atoms with E-state index in [1.807, 2.05) is 18.4 Å². The van der Waals surface area contributed by atoms with Crippen LogP contribution < -0.4 is 0 Å². The third-order valence-corrected chi connectivity index (χ3v) is 7.85. The number of benzene rings is 1. The first-order valence-corrected chi connectivity index (χ1v) is 12.9. The molecule has 1 saturated carbocycles. The Morgan fingerprint density at radius 2 is 1.78 bits per heavy atom. The lowest BCUT2D eigenvalue weighted by Gasteiger charge is -2.27. The lowest BCUT2D eigenvalue weighted by atomic mass is 10.0. The second-order valence-corrected chi connectivity index (χ2v) is 10.9. The molecule has 2 aliphatic heterocycles. The maximum atomic E-state index is 12.6. The molecule has 0 bridgehead atoms. The number of ether oxygens (including phenoxy) is 2. The molecule has 11 heteroatoms. The van der Waals surface area contributed by atoms with Crippen LogP contribution in [0.5, 0.6) is 0 Å². The van der Waals surface area contributed by atoms with E-state index in [0.29, 0.717) is 40.4 Å². The number of hydrogen-bond acceptors (Lipinski definition) is 8. The highest BCUT2D eigenvalue weighted by atomic mass is 35.5. The van der Waals surface area contributed by atoms with Crippen molar-refractivity contribution in [3.8, 4) is 0 Å². The van der Waals surface area contributed by atoms with Crippen LogP contribution in [-0.4, -0.2) is 85.8 Å². The van der Waals surface area contributed by atoms with Gasteiger partial charge in [-0.3, -0.25) is 14.5 Å². The number of hydrogen-bond donors (Lipinski definition) is 0. The molecular formula is C26H29ClN6O4. The first-order valence-electron chi connectivity index (χ1n) is 12.6. The van der Waals surface area contributed by atoms with Crippen molar-refractivity contribution in [2.75, 3.05) is 26.7 Å². The van der Waals surface area contributed by atoms with Crippen LogP contribution in [0.3, 0.4) is 0 Å². The summed E-state index contributed by atoms with van der Waals surface area (Å²) in [7, 11) is 2.06. The van der Waals surface area contributed by atoms with E-state index < -0.39 is 5.79 Å². The fourth-order valence-electron chi connectivity index (χ4n) is 6.01. The van der Waals surface area contributed by atoms with Gasteiger partial charge in [0.2, 0.25) is 0 Å². The van der Waals surface area contributed by atoms with Gasteiger partial charge in [0.05, 0.1) is 29.6 Å². The van der Waals surface area contributed by atoms with Gasteiger partial charge >= 0.3 is 0 Å². The number of carbonyl (C=O) groups excluding carboxylic acids is 2. The van der Waals surface area contributed by atoms with Crippen molar-refractivity contribution in [2.24, 2.45) is 5.92 Å². The summed E-state index contributed by atoms with van der Waals surface area (Å²) >= 11 is 6.24. The minimum atomic E-state index is -0.681. The number of carbonyl (C=O) groups is 2. The predicted octanol–water partition coefficient (Wildman–Crippen LogP) is 3.18. The molecule has 1 saturated heterocycles. The highest BCUT2D eigenvalue weighted by Crippen LogP contribution is 2.47. The van der Waals surface area contributed by atoms with Crippen molar-refractivity contribution in [3.63, 3.8) is 0 Å². The minimum absolute atomic E-state index is 0.000473. The lowest BCUT2D eigenvalue weighted by molar-refractivity contribution is -0.160. The lowest BCUT2D eigenvalue weighted by Crippen LogP contribution is -2.36. The van der Waals surface area contributed by atoms with Crippen molar-refractivity contribution >= 4 is 34.6 Å². The Hall–Kier alpha value is -2.92. The van der Waals surface area contributed by atoms with Crippen LogP contribution in [-0.2, 0) is 9.47 Å². The van der Waals surface area contributed by atoms with Gasteiger partial charge in [-0.15, -0.1) is 0 Å². The average molecular weight is 525 g/mol. The summed E-state index contributed by atoms with van der Waals surface area (Å²) in [5.41, 5.74) is 2.24. The molecule has 10 nitrogen and oxygen atoms in total.